The first-order valence-electron chi connectivity index (χ1n) is 6.81. The number of aryl methyl sites for hydroxylation is 1. The molecule has 5 heteroatoms. The molecule has 1 heterocycles. The van der Waals surface area contributed by atoms with Gasteiger partial charge < -0.3 is 15.4 Å². The van der Waals surface area contributed by atoms with E-state index in [0.29, 0.717) is 17.8 Å². The van der Waals surface area contributed by atoms with Crippen molar-refractivity contribution in [3.05, 3.63) is 17.5 Å². The molecule has 1 amide bonds. The van der Waals surface area contributed by atoms with E-state index >= 15 is 0 Å². The van der Waals surface area contributed by atoms with Crippen LogP contribution in [0.1, 0.15) is 56.6 Å². The molecule has 3 N–H and O–H groups in total. The summed E-state index contributed by atoms with van der Waals surface area (Å²) in [6.45, 7) is 10.1. The van der Waals surface area contributed by atoms with Crippen molar-refractivity contribution >= 4 is 17.6 Å². The molecule has 5 nitrogen and oxygen atoms in total. The van der Waals surface area contributed by atoms with Gasteiger partial charge in [-0.05, 0) is 24.7 Å². The first kappa shape index (κ1) is 16.3. The number of hydrogen-bond acceptors (Lipinski definition) is 2. The third kappa shape index (κ3) is 4.72. The van der Waals surface area contributed by atoms with Gasteiger partial charge in [-0.3, -0.25) is 4.79 Å². The highest BCUT2D eigenvalue weighted by Gasteiger charge is 2.20. The Morgan fingerprint density at radius 1 is 1.40 bits per heavy atom. The van der Waals surface area contributed by atoms with E-state index in [1.807, 2.05) is 6.92 Å². The quantitative estimate of drug-likeness (QED) is 0.772. The summed E-state index contributed by atoms with van der Waals surface area (Å²) < 4.78 is 0. The van der Waals surface area contributed by atoms with Gasteiger partial charge in [0.25, 0.3) is 0 Å². The molecule has 0 saturated heterocycles. The van der Waals surface area contributed by atoms with Crippen molar-refractivity contribution in [1.82, 2.24) is 4.98 Å². The van der Waals surface area contributed by atoms with Crippen LogP contribution in [0.3, 0.4) is 0 Å². The van der Waals surface area contributed by atoms with Gasteiger partial charge in [0, 0.05) is 18.3 Å². The molecule has 0 aliphatic heterocycles. The summed E-state index contributed by atoms with van der Waals surface area (Å²) in [6, 6.07) is 0. The van der Waals surface area contributed by atoms with E-state index in [-0.39, 0.29) is 22.8 Å². The molecule has 1 rings (SSSR count). The minimum Gasteiger partial charge on any atom is -0.478 e. The molecule has 1 aromatic heterocycles. The molecule has 0 spiro atoms. The van der Waals surface area contributed by atoms with Crippen molar-refractivity contribution in [2.24, 2.45) is 11.3 Å². The SMILES string of the molecule is Cc1[nH]cc(NC(=O)CC(C)CC(C)(C)C)c1C(=O)O. The van der Waals surface area contributed by atoms with Crippen molar-refractivity contribution in [1.29, 1.82) is 0 Å². The second kappa shape index (κ2) is 6.11. The van der Waals surface area contributed by atoms with Crippen LogP contribution in [0.5, 0.6) is 0 Å². The van der Waals surface area contributed by atoms with Crippen LogP contribution in [0.15, 0.2) is 6.20 Å². The molecule has 0 saturated carbocycles. The van der Waals surface area contributed by atoms with Crippen molar-refractivity contribution < 1.29 is 14.7 Å². The Bertz CT molecular complexity index is 498. The van der Waals surface area contributed by atoms with Crippen LogP contribution in [0.25, 0.3) is 0 Å². The fraction of sp³-hybridized carbons (Fsp3) is 0.600. The van der Waals surface area contributed by atoms with Crippen molar-refractivity contribution in [3.63, 3.8) is 0 Å². The van der Waals surface area contributed by atoms with Crippen LogP contribution in [-0.4, -0.2) is 22.0 Å². The third-order valence-corrected chi connectivity index (χ3v) is 3.06. The topological polar surface area (TPSA) is 82.2 Å². The van der Waals surface area contributed by atoms with Gasteiger partial charge in [-0.25, -0.2) is 4.79 Å². The van der Waals surface area contributed by atoms with Gasteiger partial charge in [-0.2, -0.15) is 0 Å². The molecular formula is C15H24N2O3. The highest BCUT2D eigenvalue weighted by molar-refractivity contribution is 6.01. The van der Waals surface area contributed by atoms with Crippen LogP contribution in [0.4, 0.5) is 5.69 Å². The highest BCUT2D eigenvalue weighted by Crippen LogP contribution is 2.26. The summed E-state index contributed by atoms with van der Waals surface area (Å²) in [6.07, 6.45) is 2.85. The second-order valence-corrected chi connectivity index (χ2v) is 6.63. The smallest absolute Gasteiger partial charge is 0.339 e. The van der Waals surface area contributed by atoms with Gasteiger partial charge in [-0.1, -0.05) is 27.7 Å². The normalized spacial score (nSPS) is 13.1. The summed E-state index contributed by atoms with van der Waals surface area (Å²) in [4.78, 5) is 25.9. The minimum atomic E-state index is -1.04. The maximum absolute atomic E-state index is 12.0. The Balaban J connectivity index is 2.66. The van der Waals surface area contributed by atoms with E-state index in [2.05, 4.69) is 31.1 Å². The average molecular weight is 280 g/mol. The number of aromatic nitrogens is 1. The Morgan fingerprint density at radius 2 is 2.00 bits per heavy atom. The lowest BCUT2D eigenvalue weighted by atomic mass is 9.84. The van der Waals surface area contributed by atoms with Crippen molar-refractivity contribution in [2.45, 2.75) is 47.5 Å². The molecule has 112 valence electrons. The minimum absolute atomic E-state index is 0.127. The zero-order valence-corrected chi connectivity index (χ0v) is 12.8. The molecule has 1 atom stereocenters. The van der Waals surface area contributed by atoms with Gasteiger partial charge >= 0.3 is 5.97 Å². The number of H-pyrrole nitrogens is 1. The van der Waals surface area contributed by atoms with Crippen LogP contribution in [0, 0.1) is 18.3 Å². The number of carboxylic acids is 1. The number of carbonyl (C=O) groups excluding carboxylic acids is 1. The number of rotatable bonds is 5. The van der Waals surface area contributed by atoms with Crippen molar-refractivity contribution in [2.75, 3.05) is 5.32 Å². The third-order valence-electron chi connectivity index (χ3n) is 3.06. The van der Waals surface area contributed by atoms with Crippen LogP contribution < -0.4 is 5.32 Å². The zero-order chi connectivity index (χ0) is 15.5. The van der Waals surface area contributed by atoms with E-state index in [4.69, 9.17) is 5.11 Å². The molecule has 0 aliphatic rings. The van der Waals surface area contributed by atoms with Gasteiger partial charge in [0.15, 0.2) is 0 Å². The predicted octanol–water partition coefficient (Wildman–Crippen LogP) is 3.42. The van der Waals surface area contributed by atoms with E-state index in [1.165, 1.54) is 6.20 Å². The summed E-state index contributed by atoms with van der Waals surface area (Å²) in [5.74, 6) is -0.937. The Hall–Kier alpha value is -1.78. The van der Waals surface area contributed by atoms with Crippen LogP contribution in [-0.2, 0) is 4.79 Å². The Labute approximate surface area is 119 Å². The summed E-state index contributed by atoms with van der Waals surface area (Å²) in [5, 5.41) is 11.8. The fourth-order valence-electron chi connectivity index (χ4n) is 2.54. The largest absolute Gasteiger partial charge is 0.478 e. The van der Waals surface area contributed by atoms with Crippen LogP contribution in [0.2, 0.25) is 0 Å². The lowest BCUT2D eigenvalue weighted by Gasteiger charge is -2.22. The number of anilines is 1. The van der Waals surface area contributed by atoms with E-state index in [1.54, 1.807) is 6.92 Å². The number of amides is 1. The maximum atomic E-state index is 12.0. The van der Waals surface area contributed by atoms with E-state index in [9.17, 15) is 9.59 Å². The summed E-state index contributed by atoms with van der Waals surface area (Å²) in [7, 11) is 0. The summed E-state index contributed by atoms with van der Waals surface area (Å²) >= 11 is 0. The van der Waals surface area contributed by atoms with Gasteiger partial charge in [0.05, 0.1) is 5.69 Å². The number of carbonyl (C=O) groups is 2. The first-order chi connectivity index (χ1) is 9.10. The predicted molar refractivity (Wildman–Crippen MR) is 79.0 cm³/mol. The number of hydrogen-bond donors (Lipinski definition) is 3. The number of aromatic carboxylic acids is 1. The zero-order valence-electron chi connectivity index (χ0n) is 12.8. The average Bonchev–Trinajstić information content (AvgIpc) is 2.55. The van der Waals surface area contributed by atoms with Gasteiger partial charge in [0.1, 0.15) is 5.56 Å². The van der Waals surface area contributed by atoms with E-state index in [0.717, 1.165) is 6.42 Å². The molecule has 1 unspecified atom stereocenters. The van der Waals surface area contributed by atoms with Crippen LogP contribution >= 0.6 is 0 Å². The molecule has 20 heavy (non-hydrogen) atoms. The molecule has 1 aromatic rings. The molecule has 0 bridgehead atoms. The lowest BCUT2D eigenvalue weighted by Crippen LogP contribution is -2.19. The van der Waals surface area contributed by atoms with Gasteiger partial charge in [0.2, 0.25) is 5.91 Å². The van der Waals surface area contributed by atoms with Crippen molar-refractivity contribution in [3.8, 4) is 0 Å². The van der Waals surface area contributed by atoms with E-state index < -0.39 is 5.97 Å². The highest BCUT2D eigenvalue weighted by atomic mass is 16.4. The molecule has 0 fully saturated rings. The first-order valence-corrected chi connectivity index (χ1v) is 6.81. The molecule has 0 aromatic carbocycles. The maximum Gasteiger partial charge on any atom is 0.339 e. The lowest BCUT2D eigenvalue weighted by molar-refractivity contribution is -0.117. The number of carboxylic acid groups (broad SMARTS) is 1. The standard InChI is InChI=1S/C15H24N2O3/c1-9(7-15(3,4)5)6-12(18)17-11-8-16-10(2)13(11)14(19)20/h8-9,16H,6-7H2,1-5H3,(H,17,18)(H,19,20). The fourth-order valence-corrected chi connectivity index (χ4v) is 2.54. The number of aromatic amines is 1. The Morgan fingerprint density at radius 3 is 2.50 bits per heavy atom. The molecule has 0 radical (unpaired) electrons. The Kier molecular flexibility index (Phi) is 4.98. The molecule has 0 aliphatic carbocycles. The summed E-state index contributed by atoms with van der Waals surface area (Å²) in [5.41, 5.74) is 1.18. The van der Waals surface area contributed by atoms with Gasteiger partial charge in [-0.15, -0.1) is 0 Å². The number of nitrogens with one attached hydrogen (secondary N) is 2. The monoisotopic (exact) mass is 280 g/mol. The molecular weight excluding hydrogens is 256 g/mol. The second-order valence-electron chi connectivity index (χ2n) is 6.63.